The van der Waals surface area contributed by atoms with Gasteiger partial charge in [-0.2, -0.15) is 0 Å². The lowest BCUT2D eigenvalue weighted by molar-refractivity contribution is 0.494. The summed E-state index contributed by atoms with van der Waals surface area (Å²) in [5.41, 5.74) is 2.85. The first kappa shape index (κ1) is 16.4. The Bertz CT molecular complexity index is 969. The van der Waals surface area contributed by atoms with E-state index < -0.39 is 0 Å². The van der Waals surface area contributed by atoms with Gasteiger partial charge in [0.1, 0.15) is 6.04 Å². The number of hydrogen-bond donors (Lipinski definition) is 1. The van der Waals surface area contributed by atoms with Gasteiger partial charge in [-0.25, -0.2) is 0 Å². The van der Waals surface area contributed by atoms with E-state index in [-0.39, 0.29) is 6.04 Å². The molecule has 5 heteroatoms. The van der Waals surface area contributed by atoms with E-state index in [1.54, 1.807) is 0 Å². The highest BCUT2D eigenvalue weighted by Gasteiger charge is 2.21. The van der Waals surface area contributed by atoms with Crippen LogP contribution < -0.4 is 5.32 Å². The van der Waals surface area contributed by atoms with Crippen LogP contribution >= 0.6 is 11.6 Å². The first-order chi connectivity index (χ1) is 12.8. The average molecular weight is 362 g/mol. The SMILES string of the molecule is Clc1ccc(NC(c2ccccc2)c2nnc(-c3ccccc3)o2)cc1. The molecule has 0 aliphatic rings. The molecule has 4 nitrogen and oxygen atoms in total. The standard InChI is InChI=1S/C21H16ClN3O/c22-17-11-13-18(14-12-17)23-19(15-7-3-1-4-8-15)21-25-24-20(26-21)16-9-5-2-6-10-16/h1-14,19,23H. The first-order valence-corrected chi connectivity index (χ1v) is 8.63. The minimum atomic E-state index is -0.262. The van der Waals surface area contributed by atoms with Crippen molar-refractivity contribution in [3.05, 3.63) is 101 Å². The molecule has 1 aromatic heterocycles. The fourth-order valence-electron chi connectivity index (χ4n) is 2.69. The summed E-state index contributed by atoms with van der Waals surface area (Å²) < 4.78 is 5.97. The Morgan fingerprint density at radius 1 is 0.769 bits per heavy atom. The highest BCUT2D eigenvalue weighted by atomic mass is 35.5. The minimum Gasteiger partial charge on any atom is -0.418 e. The van der Waals surface area contributed by atoms with Crippen molar-refractivity contribution in [1.82, 2.24) is 10.2 Å². The van der Waals surface area contributed by atoms with Crippen LogP contribution in [0.2, 0.25) is 5.02 Å². The lowest BCUT2D eigenvalue weighted by atomic mass is 10.1. The molecule has 0 saturated heterocycles. The number of halogens is 1. The van der Waals surface area contributed by atoms with Crippen LogP contribution in [0.5, 0.6) is 0 Å². The monoisotopic (exact) mass is 361 g/mol. The van der Waals surface area contributed by atoms with Crippen LogP contribution in [0.3, 0.4) is 0 Å². The van der Waals surface area contributed by atoms with Crippen LogP contribution in [-0.2, 0) is 0 Å². The zero-order valence-corrected chi connectivity index (χ0v) is 14.6. The fourth-order valence-corrected chi connectivity index (χ4v) is 2.82. The maximum Gasteiger partial charge on any atom is 0.247 e. The molecular formula is C21H16ClN3O. The normalized spacial score (nSPS) is 11.9. The Hall–Kier alpha value is -3.11. The van der Waals surface area contributed by atoms with Gasteiger partial charge < -0.3 is 9.73 Å². The van der Waals surface area contributed by atoms with Gasteiger partial charge >= 0.3 is 0 Å². The Morgan fingerprint density at radius 2 is 1.42 bits per heavy atom. The summed E-state index contributed by atoms with van der Waals surface area (Å²) in [5.74, 6) is 1.00. The molecular weight excluding hydrogens is 346 g/mol. The number of anilines is 1. The molecule has 0 spiro atoms. The zero-order chi connectivity index (χ0) is 17.8. The summed E-state index contributed by atoms with van der Waals surface area (Å²) >= 11 is 5.98. The average Bonchev–Trinajstić information content (AvgIpc) is 3.19. The number of hydrogen-bond acceptors (Lipinski definition) is 4. The van der Waals surface area contributed by atoms with Gasteiger partial charge in [-0.15, -0.1) is 10.2 Å². The van der Waals surface area contributed by atoms with Crippen molar-refractivity contribution in [3.63, 3.8) is 0 Å². The Kier molecular flexibility index (Phi) is 4.67. The van der Waals surface area contributed by atoms with Gasteiger partial charge in [0.25, 0.3) is 0 Å². The van der Waals surface area contributed by atoms with Gasteiger partial charge in [-0.3, -0.25) is 0 Å². The van der Waals surface area contributed by atoms with E-state index in [0.29, 0.717) is 16.8 Å². The van der Waals surface area contributed by atoms with E-state index in [0.717, 1.165) is 16.8 Å². The highest BCUT2D eigenvalue weighted by molar-refractivity contribution is 6.30. The van der Waals surface area contributed by atoms with Gasteiger partial charge in [-0.05, 0) is 42.0 Å². The van der Waals surface area contributed by atoms with Crippen molar-refractivity contribution in [2.75, 3.05) is 5.32 Å². The van der Waals surface area contributed by atoms with Gasteiger partial charge in [0, 0.05) is 16.3 Å². The predicted octanol–water partition coefficient (Wildman–Crippen LogP) is 5.59. The number of nitrogens with one attached hydrogen (secondary N) is 1. The van der Waals surface area contributed by atoms with Crippen molar-refractivity contribution < 1.29 is 4.42 Å². The number of benzene rings is 3. The predicted molar refractivity (Wildman–Crippen MR) is 103 cm³/mol. The molecule has 26 heavy (non-hydrogen) atoms. The second kappa shape index (κ2) is 7.42. The quantitative estimate of drug-likeness (QED) is 0.503. The molecule has 128 valence electrons. The van der Waals surface area contributed by atoms with Gasteiger partial charge in [-0.1, -0.05) is 60.1 Å². The van der Waals surface area contributed by atoms with Crippen molar-refractivity contribution in [2.45, 2.75) is 6.04 Å². The van der Waals surface area contributed by atoms with Crippen LogP contribution in [0.4, 0.5) is 5.69 Å². The summed E-state index contributed by atoms with van der Waals surface area (Å²) in [5, 5.41) is 12.6. The van der Waals surface area contributed by atoms with Crippen molar-refractivity contribution >= 4 is 17.3 Å². The largest absolute Gasteiger partial charge is 0.418 e. The third-order valence-electron chi connectivity index (χ3n) is 4.00. The Labute approximate surface area is 156 Å². The van der Waals surface area contributed by atoms with Crippen LogP contribution in [0.15, 0.2) is 89.3 Å². The second-order valence-corrected chi connectivity index (χ2v) is 6.24. The molecule has 1 heterocycles. The fraction of sp³-hybridized carbons (Fsp3) is 0.0476. The maximum absolute atomic E-state index is 5.98. The summed E-state index contributed by atoms with van der Waals surface area (Å²) in [6, 6.07) is 27.0. The van der Waals surface area contributed by atoms with Crippen molar-refractivity contribution in [3.8, 4) is 11.5 Å². The van der Waals surface area contributed by atoms with Crippen LogP contribution in [0.25, 0.3) is 11.5 Å². The molecule has 4 rings (SSSR count). The Balaban J connectivity index is 1.69. The third-order valence-corrected chi connectivity index (χ3v) is 4.25. The van der Waals surface area contributed by atoms with E-state index >= 15 is 0 Å². The van der Waals surface area contributed by atoms with Crippen molar-refractivity contribution in [1.29, 1.82) is 0 Å². The molecule has 0 saturated carbocycles. The third kappa shape index (κ3) is 3.60. The molecule has 0 radical (unpaired) electrons. The zero-order valence-electron chi connectivity index (χ0n) is 13.8. The maximum atomic E-state index is 5.98. The van der Waals surface area contributed by atoms with Gasteiger partial charge in [0.05, 0.1) is 0 Å². The molecule has 4 aromatic rings. The highest BCUT2D eigenvalue weighted by Crippen LogP contribution is 2.28. The summed E-state index contributed by atoms with van der Waals surface area (Å²) in [6.07, 6.45) is 0. The van der Waals surface area contributed by atoms with E-state index in [1.165, 1.54) is 0 Å². The van der Waals surface area contributed by atoms with Gasteiger partial charge in [0.2, 0.25) is 11.8 Å². The first-order valence-electron chi connectivity index (χ1n) is 8.25. The number of aromatic nitrogens is 2. The summed E-state index contributed by atoms with van der Waals surface area (Å²) in [7, 11) is 0. The molecule has 1 atom stereocenters. The molecule has 0 aliphatic heterocycles. The number of rotatable bonds is 5. The summed E-state index contributed by atoms with van der Waals surface area (Å²) in [4.78, 5) is 0. The lowest BCUT2D eigenvalue weighted by Gasteiger charge is -2.17. The molecule has 0 aliphatic carbocycles. The smallest absolute Gasteiger partial charge is 0.247 e. The molecule has 0 bridgehead atoms. The Morgan fingerprint density at radius 3 is 2.12 bits per heavy atom. The molecule has 3 aromatic carbocycles. The van der Waals surface area contributed by atoms with Gasteiger partial charge in [0.15, 0.2) is 0 Å². The lowest BCUT2D eigenvalue weighted by Crippen LogP contribution is -2.12. The minimum absolute atomic E-state index is 0.262. The molecule has 0 fully saturated rings. The number of nitrogens with zero attached hydrogens (tertiary/aromatic N) is 2. The van der Waals surface area contributed by atoms with Crippen LogP contribution in [0, 0.1) is 0 Å². The second-order valence-electron chi connectivity index (χ2n) is 5.81. The summed E-state index contributed by atoms with van der Waals surface area (Å²) in [6.45, 7) is 0. The van der Waals surface area contributed by atoms with E-state index in [1.807, 2.05) is 84.9 Å². The molecule has 1 N–H and O–H groups in total. The molecule has 0 amide bonds. The topological polar surface area (TPSA) is 51.0 Å². The molecule has 1 unspecified atom stereocenters. The van der Waals surface area contributed by atoms with Crippen LogP contribution in [-0.4, -0.2) is 10.2 Å². The van der Waals surface area contributed by atoms with Crippen LogP contribution in [0.1, 0.15) is 17.5 Å². The van der Waals surface area contributed by atoms with Crippen molar-refractivity contribution in [2.24, 2.45) is 0 Å². The van der Waals surface area contributed by atoms with E-state index in [4.69, 9.17) is 16.0 Å². The van der Waals surface area contributed by atoms with E-state index in [9.17, 15) is 0 Å². The van der Waals surface area contributed by atoms with E-state index in [2.05, 4.69) is 15.5 Å².